The first kappa shape index (κ1) is 18.5. The molecule has 0 bridgehead atoms. The smallest absolute Gasteiger partial charge is 0.264 e. The van der Waals surface area contributed by atoms with Crippen LogP contribution in [0.5, 0.6) is 17.2 Å². The lowest BCUT2D eigenvalue weighted by Gasteiger charge is -2.17. The van der Waals surface area contributed by atoms with Crippen molar-refractivity contribution >= 4 is 20.2 Å². The molecular formula is C11H16O9S2. The summed E-state index contributed by atoms with van der Waals surface area (Å²) in [6.07, 6.45) is 0.279. The Morgan fingerprint density at radius 1 is 1.00 bits per heavy atom. The molecule has 0 amide bonds. The minimum Gasteiger partial charge on any atom is -0.504 e. The number of aromatic hydroxyl groups is 2. The predicted octanol–water partition coefficient (Wildman–Crippen LogP) is -0.202. The molecular weight excluding hydrogens is 340 g/mol. The van der Waals surface area contributed by atoms with Crippen molar-refractivity contribution in [1.29, 1.82) is 0 Å². The molecule has 0 aromatic heterocycles. The molecule has 1 aromatic rings. The number of ether oxygens (including phenoxy) is 1. The minimum absolute atomic E-state index is 0.288. The number of benzene rings is 1. The summed E-state index contributed by atoms with van der Waals surface area (Å²) >= 11 is 0. The molecule has 0 radical (unpaired) electrons. The van der Waals surface area contributed by atoms with Crippen molar-refractivity contribution in [3.8, 4) is 17.2 Å². The maximum Gasteiger partial charge on any atom is 0.264 e. The third kappa shape index (κ3) is 6.93. The van der Waals surface area contributed by atoms with Crippen LogP contribution in [-0.4, -0.2) is 58.9 Å². The van der Waals surface area contributed by atoms with Crippen molar-refractivity contribution in [3.05, 3.63) is 18.2 Å². The molecule has 1 atom stereocenters. The largest absolute Gasteiger partial charge is 0.504 e. The fourth-order valence-corrected chi connectivity index (χ4v) is 2.39. The molecule has 9 nitrogen and oxygen atoms in total. The average molecular weight is 356 g/mol. The number of rotatable bonds is 8. The normalized spacial score (nSPS) is 13.7. The van der Waals surface area contributed by atoms with Gasteiger partial charge >= 0.3 is 0 Å². The van der Waals surface area contributed by atoms with E-state index >= 15 is 0 Å². The van der Waals surface area contributed by atoms with E-state index in [0.717, 1.165) is 12.5 Å². The highest BCUT2D eigenvalue weighted by molar-refractivity contribution is 7.86. The van der Waals surface area contributed by atoms with Crippen molar-refractivity contribution < 1.29 is 40.2 Å². The molecule has 1 rings (SSSR count). The SMILES string of the molecule is CS(=O)(=O)OCC(COc1c(O)cccc1O)OS(C)(=O)=O. The molecule has 2 N–H and O–H groups in total. The lowest BCUT2D eigenvalue weighted by atomic mass is 10.3. The number of phenolic OH excluding ortho intramolecular Hbond substituents is 2. The van der Waals surface area contributed by atoms with E-state index in [1.165, 1.54) is 18.2 Å². The van der Waals surface area contributed by atoms with Crippen molar-refractivity contribution in [2.24, 2.45) is 0 Å². The van der Waals surface area contributed by atoms with E-state index < -0.39 is 39.6 Å². The van der Waals surface area contributed by atoms with Crippen molar-refractivity contribution in [2.75, 3.05) is 25.7 Å². The molecule has 0 fully saturated rings. The summed E-state index contributed by atoms with van der Waals surface area (Å²) in [6.45, 7) is -1.09. The van der Waals surface area contributed by atoms with E-state index in [1.807, 2.05) is 0 Å². The Hall–Kier alpha value is -1.56. The summed E-state index contributed by atoms with van der Waals surface area (Å²) in [4.78, 5) is 0. The Bertz CT molecular complexity index is 689. The van der Waals surface area contributed by atoms with Gasteiger partial charge in [-0.1, -0.05) is 6.07 Å². The minimum atomic E-state index is -3.90. The maximum atomic E-state index is 11.1. The quantitative estimate of drug-likeness (QED) is 0.606. The highest BCUT2D eigenvalue weighted by Crippen LogP contribution is 2.35. The van der Waals surface area contributed by atoms with E-state index in [-0.39, 0.29) is 17.2 Å². The van der Waals surface area contributed by atoms with Crippen LogP contribution in [0.4, 0.5) is 0 Å². The summed E-state index contributed by atoms with van der Waals surface area (Å²) in [6, 6.07) is 3.86. The first-order valence-corrected chi connectivity index (χ1v) is 9.47. The van der Waals surface area contributed by atoms with Gasteiger partial charge in [0.25, 0.3) is 20.2 Å². The first-order chi connectivity index (χ1) is 9.98. The topological polar surface area (TPSA) is 136 Å². The van der Waals surface area contributed by atoms with Crippen molar-refractivity contribution in [2.45, 2.75) is 6.10 Å². The lowest BCUT2D eigenvalue weighted by Crippen LogP contribution is -2.30. The fraction of sp³-hybridized carbons (Fsp3) is 0.455. The Morgan fingerprint density at radius 3 is 2.00 bits per heavy atom. The molecule has 0 aliphatic carbocycles. The summed E-state index contributed by atoms with van der Waals surface area (Å²) < 4.78 is 58.3. The Kier molecular flexibility index (Phi) is 6.00. The molecule has 0 saturated heterocycles. The molecule has 0 spiro atoms. The van der Waals surface area contributed by atoms with Gasteiger partial charge in [0.1, 0.15) is 12.7 Å². The third-order valence-electron chi connectivity index (χ3n) is 2.17. The standard InChI is InChI=1S/C11H16O9S2/c1-21(14,15)19-7-8(20-22(2,16)17)6-18-11-9(12)4-3-5-10(11)13/h3-5,8,12-13H,6-7H2,1-2H3. The van der Waals surface area contributed by atoms with Gasteiger partial charge in [0.2, 0.25) is 5.75 Å². The van der Waals surface area contributed by atoms with Crippen LogP contribution >= 0.6 is 0 Å². The zero-order valence-electron chi connectivity index (χ0n) is 11.8. The van der Waals surface area contributed by atoms with Crippen LogP contribution in [0.15, 0.2) is 18.2 Å². The van der Waals surface area contributed by atoms with E-state index in [4.69, 9.17) is 4.74 Å². The summed E-state index contributed by atoms with van der Waals surface area (Å²) in [5, 5.41) is 19.0. The molecule has 0 heterocycles. The van der Waals surface area contributed by atoms with Gasteiger partial charge in [-0.25, -0.2) is 0 Å². The molecule has 1 aromatic carbocycles. The molecule has 0 aliphatic heterocycles. The van der Waals surface area contributed by atoms with Gasteiger partial charge in [0.05, 0.1) is 19.1 Å². The van der Waals surface area contributed by atoms with E-state index in [0.29, 0.717) is 0 Å². The molecule has 1 unspecified atom stereocenters. The summed E-state index contributed by atoms with van der Waals surface area (Å²) in [5.74, 6) is -1.03. The summed E-state index contributed by atoms with van der Waals surface area (Å²) in [7, 11) is -7.70. The van der Waals surface area contributed by atoms with Crippen molar-refractivity contribution in [1.82, 2.24) is 0 Å². The zero-order chi connectivity index (χ0) is 17.0. The maximum absolute atomic E-state index is 11.1. The van der Waals surface area contributed by atoms with Gasteiger partial charge in [-0.3, -0.25) is 8.37 Å². The second-order valence-electron chi connectivity index (χ2n) is 4.35. The monoisotopic (exact) mass is 356 g/mol. The van der Waals surface area contributed by atoms with Crippen LogP contribution < -0.4 is 4.74 Å². The van der Waals surface area contributed by atoms with Gasteiger partial charge < -0.3 is 14.9 Å². The third-order valence-corrected chi connectivity index (χ3v) is 3.35. The number of phenols is 2. The zero-order valence-corrected chi connectivity index (χ0v) is 13.4. The molecule has 126 valence electrons. The van der Waals surface area contributed by atoms with Gasteiger partial charge in [-0.05, 0) is 12.1 Å². The molecule has 11 heteroatoms. The van der Waals surface area contributed by atoms with Crippen LogP contribution in [0, 0.1) is 0 Å². The first-order valence-electron chi connectivity index (χ1n) is 5.84. The molecule has 0 saturated carbocycles. The molecule has 0 aliphatic rings. The van der Waals surface area contributed by atoms with Crippen LogP contribution in [0.25, 0.3) is 0 Å². The lowest BCUT2D eigenvalue weighted by molar-refractivity contribution is 0.0872. The summed E-state index contributed by atoms with van der Waals surface area (Å²) in [5.41, 5.74) is 0. The average Bonchev–Trinajstić information content (AvgIpc) is 2.32. The van der Waals surface area contributed by atoms with Gasteiger partial charge in [-0.15, -0.1) is 0 Å². The number of hydrogen-bond donors (Lipinski definition) is 2. The second kappa shape index (κ2) is 7.13. The Balaban J connectivity index is 2.80. The fourth-order valence-electron chi connectivity index (χ4n) is 1.39. The van der Waals surface area contributed by atoms with Crippen LogP contribution in [0.2, 0.25) is 0 Å². The van der Waals surface area contributed by atoms with E-state index in [2.05, 4.69) is 8.37 Å². The van der Waals surface area contributed by atoms with Crippen molar-refractivity contribution in [3.63, 3.8) is 0 Å². The van der Waals surface area contributed by atoms with Gasteiger partial charge in [0, 0.05) is 0 Å². The van der Waals surface area contributed by atoms with Crippen LogP contribution in [0.1, 0.15) is 0 Å². The van der Waals surface area contributed by atoms with Crippen LogP contribution in [-0.2, 0) is 28.6 Å². The van der Waals surface area contributed by atoms with Gasteiger partial charge in [0.15, 0.2) is 11.5 Å². The van der Waals surface area contributed by atoms with Crippen LogP contribution in [0.3, 0.4) is 0 Å². The van der Waals surface area contributed by atoms with E-state index in [9.17, 15) is 27.0 Å². The predicted molar refractivity (Wildman–Crippen MR) is 75.8 cm³/mol. The Morgan fingerprint density at radius 2 is 1.55 bits per heavy atom. The highest BCUT2D eigenvalue weighted by Gasteiger charge is 2.21. The number of para-hydroxylation sites is 1. The molecule has 22 heavy (non-hydrogen) atoms. The highest BCUT2D eigenvalue weighted by atomic mass is 32.2. The van der Waals surface area contributed by atoms with Gasteiger partial charge in [-0.2, -0.15) is 16.8 Å². The number of hydrogen-bond acceptors (Lipinski definition) is 9. The Labute approximate surface area is 128 Å². The van der Waals surface area contributed by atoms with E-state index in [1.54, 1.807) is 0 Å². The second-order valence-corrected chi connectivity index (χ2v) is 7.59.